The number of fused-ring (bicyclic) bond motifs is 1. The second kappa shape index (κ2) is 6.97. The number of aromatic nitrogens is 3. The Bertz CT molecular complexity index is 827. The van der Waals surface area contributed by atoms with Crippen LogP contribution in [-0.4, -0.2) is 28.6 Å². The molecule has 0 saturated heterocycles. The van der Waals surface area contributed by atoms with Crippen LogP contribution in [0.2, 0.25) is 0 Å². The van der Waals surface area contributed by atoms with E-state index >= 15 is 0 Å². The molecule has 3 aromatic rings. The summed E-state index contributed by atoms with van der Waals surface area (Å²) in [4.78, 5) is 2.37. The standard InChI is InChI=1S/C20H22N4O/c1-25-18-9-7-16(8-10-18)11-14-24-20-12-13-23(15-19(20)21-22-24)17-5-3-2-4-6-17/h2-10H,11-15H2,1H3. The van der Waals surface area contributed by atoms with Gasteiger partial charge in [0.15, 0.2) is 0 Å². The summed E-state index contributed by atoms with van der Waals surface area (Å²) < 4.78 is 7.28. The molecule has 1 aliphatic rings. The monoisotopic (exact) mass is 334 g/mol. The Kier molecular flexibility index (Phi) is 4.37. The first-order valence-corrected chi connectivity index (χ1v) is 8.67. The average Bonchev–Trinajstić information content (AvgIpc) is 3.10. The van der Waals surface area contributed by atoms with E-state index in [-0.39, 0.29) is 0 Å². The van der Waals surface area contributed by atoms with Crippen molar-refractivity contribution >= 4 is 5.69 Å². The van der Waals surface area contributed by atoms with Gasteiger partial charge in [0.05, 0.1) is 19.3 Å². The molecule has 0 unspecified atom stereocenters. The number of aryl methyl sites for hydroxylation is 2. The van der Waals surface area contributed by atoms with Crippen LogP contribution in [0.3, 0.4) is 0 Å². The number of methoxy groups -OCH3 is 1. The van der Waals surface area contributed by atoms with Gasteiger partial charge in [-0.2, -0.15) is 0 Å². The van der Waals surface area contributed by atoms with E-state index in [9.17, 15) is 0 Å². The highest BCUT2D eigenvalue weighted by Gasteiger charge is 2.22. The van der Waals surface area contributed by atoms with Crippen molar-refractivity contribution in [2.45, 2.75) is 25.9 Å². The van der Waals surface area contributed by atoms with Crippen LogP contribution < -0.4 is 9.64 Å². The minimum atomic E-state index is 0.835. The number of benzene rings is 2. The second-order valence-corrected chi connectivity index (χ2v) is 6.31. The summed E-state index contributed by atoms with van der Waals surface area (Å²) in [6.45, 7) is 2.70. The molecule has 0 radical (unpaired) electrons. The maximum atomic E-state index is 5.21. The number of nitrogens with zero attached hydrogens (tertiary/aromatic N) is 4. The highest BCUT2D eigenvalue weighted by Crippen LogP contribution is 2.23. The molecule has 128 valence electrons. The molecule has 0 amide bonds. The molecule has 0 bridgehead atoms. The van der Waals surface area contributed by atoms with Crippen molar-refractivity contribution < 1.29 is 4.74 Å². The van der Waals surface area contributed by atoms with E-state index in [1.165, 1.54) is 16.9 Å². The van der Waals surface area contributed by atoms with Gasteiger partial charge in [0.2, 0.25) is 0 Å². The van der Waals surface area contributed by atoms with E-state index in [0.717, 1.165) is 43.9 Å². The Morgan fingerprint density at radius 2 is 1.84 bits per heavy atom. The summed E-state index contributed by atoms with van der Waals surface area (Å²) in [5, 5.41) is 8.81. The zero-order valence-corrected chi connectivity index (χ0v) is 14.4. The topological polar surface area (TPSA) is 43.2 Å². The lowest BCUT2D eigenvalue weighted by Crippen LogP contribution is -2.31. The molecule has 0 atom stereocenters. The molecular weight excluding hydrogens is 312 g/mol. The molecule has 0 spiro atoms. The largest absolute Gasteiger partial charge is 0.497 e. The Labute approximate surface area is 147 Å². The van der Waals surface area contributed by atoms with Gasteiger partial charge in [0, 0.05) is 25.2 Å². The highest BCUT2D eigenvalue weighted by atomic mass is 16.5. The maximum Gasteiger partial charge on any atom is 0.118 e. The van der Waals surface area contributed by atoms with Crippen molar-refractivity contribution in [3.05, 3.63) is 71.5 Å². The van der Waals surface area contributed by atoms with Crippen LogP contribution in [0.1, 0.15) is 17.0 Å². The van der Waals surface area contributed by atoms with Crippen molar-refractivity contribution in [2.24, 2.45) is 0 Å². The highest BCUT2D eigenvalue weighted by molar-refractivity contribution is 5.47. The third kappa shape index (κ3) is 3.36. The van der Waals surface area contributed by atoms with Crippen LogP contribution >= 0.6 is 0 Å². The van der Waals surface area contributed by atoms with Crippen LogP contribution in [0.4, 0.5) is 5.69 Å². The molecule has 5 nitrogen and oxygen atoms in total. The average molecular weight is 334 g/mol. The normalized spacial score (nSPS) is 13.6. The fourth-order valence-corrected chi connectivity index (χ4v) is 3.33. The molecule has 0 N–H and O–H groups in total. The first-order chi connectivity index (χ1) is 12.3. The fraction of sp³-hybridized carbons (Fsp3) is 0.300. The van der Waals surface area contributed by atoms with Crippen molar-refractivity contribution in [3.63, 3.8) is 0 Å². The summed E-state index contributed by atoms with van der Waals surface area (Å²) in [6.07, 6.45) is 1.93. The van der Waals surface area contributed by atoms with Gasteiger partial charge in [-0.25, -0.2) is 4.68 Å². The maximum absolute atomic E-state index is 5.21. The van der Waals surface area contributed by atoms with E-state index in [4.69, 9.17) is 4.74 Å². The summed E-state index contributed by atoms with van der Waals surface area (Å²) >= 11 is 0. The van der Waals surface area contributed by atoms with Gasteiger partial charge in [-0.3, -0.25) is 0 Å². The molecule has 0 fully saturated rings. The van der Waals surface area contributed by atoms with Gasteiger partial charge >= 0.3 is 0 Å². The number of hydrogen-bond acceptors (Lipinski definition) is 4. The molecule has 5 heteroatoms. The molecule has 1 aliphatic heterocycles. The predicted octanol–water partition coefficient (Wildman–Crippen LogP) is 3.09. The van der Waals surface area contributed by atoms with Gasteiger partial charge in [0.25, 0.3) is 0 Å². The van der Waals surface area contributed by atoms with Crippen molar-refractivity contribution in [2.75, 3.05) is 18.6 Å². The van der Waals surface area contributed by atoms with Gasteiger partial charge in [-0.15, -0.1) is 5.10 Å². The fourth-order valence-electron chi connectivity index (χ4n) is 3.33. The third-order valence-corrected chi connectivity index (χ3v) is 4.77. The second-order valence-electron chi connectivity index (χ2n) is 6.31. The van der Waals surface area contributed by atoms with Crippen LogP contribution in [0.15, 0.2) is 54.6 Å². The summed E-state index contributed by atoms with van der Waals surface area (Å²) in [7, 11) is 1.69. The molecule has 25 heavy (non-hydrogen) atoms. The van der Waals surface area contributed by atoms with E-state index in [1.807, 2.05) is 18.2 Å². The molecule has 0 saturated carbocycles. The zero-order chi connectivity index (χ0) is 17.1. The number of anilines is 1. The number of para-hydroxylation sites is 1. The summed E-state index contributed by atoms with van der Waals surface area (Å²) in [6, 6.07) is 18.7. The van der Waals surface area contributed by atoms with Gasteiger partial charge in [0.1, 0.15) is 11.4 Å². The minimum Gasteiger partial charge on any atom is -0.497 e. The van der Waals surface area contributed by atoms with Gasteiger partial charge in [-0.1, -0.05) is 35.5 Å². The molecule has 2 heterocycles. The number of ether oxygens (including phenoxy) is 1. The number of hydrogen-bond donors (Lipinski definition) is 0. The molecular formula is C20H22N4O. The van der Waals surface area contributed by atoms with Crippen molar-refractivity contribution in [1.82, 2.24) is 15.0 Å². The third-order valence-electron chi connectivity index (χ3n) is 4.77. The van der Waals surface area contributed by atoms with Gasteiger partial charge < -0.3 is 9.64 Å². The SMILES string of the molecule is COc1ccc(CCn2nnc3c2CCN(c2ccccc2)C3)cc1. The molecule has 0 aliphatic carbocycles. The Morgan fingerprint density at radius 1 is 1.04 bits per heavy atom. The Morgan fingerprint density at radius 3 is 2.60 bits per heavy atom. The minimum absolute atomic E-state index is 0.835. The lowest BCUT2D eigenvalue weighted by Gasteiger charge is -2.28. The van der Waals surface area contributed by atoms with Crippen LogP contribution in [0.25, 0.3) is 0 Å². The zero-order valence-electron chi connectivity index (χ0n) is 14.4. The predicted molar refractivity (Wildman–Crippen MR) is 97.9 cm³/mol. The Balaban J connectivity index is 1.43. The lowest BCUT2D eigenvalue weighted by molar-refractivity contribution is 0.414. The smallest absolute Gasteiger partial charge is 0.118 e. The lowest BCUT2D eigenvalue weighted by atomic mass is 10.1. The van der Waals surface area contributed by atoms with Crippen LogP contribution in [-0.2, 0) is 25.9 Å². The van der Waals surface area contributed by atoms with Gasteiger partial charge in [-0.05, 0) is 36.2 Å². The summed E-state index contributed by atoms with van der Waals surface area (Å²) in [5.74, 6) is 0.892. The van der Waals surface area contributed by atoms with E-state index in [0.29, 0.717) is 0 Å². The van der Waals surface area contributed by atoms with E-state index in [2.05, 4.69) is 56.3 Å². The first kappa shape index (κ1) is 15.7. The van der Waals surface area contributed by atoms with Crippen LogP contribution in [0, 0.1) is 0 Å². The summed E-state index contributed by atoms with van der Waals surface area (Å²) in [5.41, 5.74) is 4.92. The Hall–Kier alpha value is -2.82. The molecule has 1 aromatic heterocycles. The quantitative estimate of drug-likeness (QED) is 0.719. The van der Waals surface area contributed by atoms with Crippen molar-refractivity contribution in [1.29, 1.82) is 0 Å². The number of rotatable bonds is 5. The van der Waals surface area contributed by atoms with Crippen LogP contribution in [0.5, 0.6) is 5.75 Å². The first-order valence-electron chi connectivity index (χ1n) is 8.67. The van der Waals surface area contributed by atoms with E-state index < -0.39 is 0 Å². The molecule has 2 aromatic carbocycles. The molecule has 4 rings (SSSR count). The van der Waals surface area contributed by atoms with Crippen molar-refractivity contribution in [3.8, 4) is 5.75 Å². The van der Waals surface area contributed by atoms with E-state index in [1.54, 1.807) is 7.11 Å².